The van der Waals surface area contributed by atoms with E-state index in [2.05, 4.69) is 10.4 Å². The summed E-state index contributed by atoms with van der Waals surface area (Å²) < 4.78 is 13.0. The molecule has 1 saturated heterocycles. The van der Waals surface area contributed by atoms with Gasteiger partial charge in [0.05, 0.1) is 0 Å². The number of piperidine rings is 1. The van der Waals surface area contributed by atoms with Crippen LogP contribution < -0.4 is 5.43 Å². The summed E-state index contributed by atoms with van der Waals surface area (Å²) in [6.45, 7) is 2.72. The number of nitrogens with zero attached hydrogens (tertiary/aromatic N) is 1. The molecule has 0 saturated carbocycles. The Bertz CT molecular complexity index is 351. The highest BCUT2D eigenvalue weighted by Crippen LogP contribution is 2.17. The summed E-state index contributed by atoms with van der Waals surface area (Å²) in [5.74, 6) is -0.236. The van der Waals surface area contributed by atoms with Crippen LogP contribution in [0.5, 0.6) is 0 Å². The molecular formula is C12H16ClFN2. The second-order valence-electron chi connectivity index (χ2n) is 4.12. The lowest BCUT2D eigenvalue weighted by Crippen LogP contribution is -2.41. The van der Waals surface area contributed by atoms with Gasteiger partial charge in [-0.2, -0.15) is 0 Å². The molecular weight excluding hydrogens is 227 g/mol. The van der Waals surface area contributed by atoms with Crippen LogP contribution in [0.4, 0.5) is 4.39 Å². The fourth-order valence-corrected chi connectivity index (χ4v) is 2.11. The first-order valence-electron chi connectivity index (χ1n) is 5.68. The number of halogens is 2. The molecule has 1 aliphatic rings. The summed E-state index contributed by atoms with van der Waals surface area (Å²) in [5.41, 5.74) is 4.10. The fourth-order valence-electron chi connectivity index (χ4n) is 1.93. The average Bonchev–Trinajstić information content (AvgIpc) is 2.32. The number of nitrogens with one attached hydrogen (secondary N) is 1. The quantitative estimate of drug-likeness (QED) is 0.877. The Kier molecular flexibility index (Phi) is 4.16. The maximum absolute atomic E-state index is 13.0. The molecule has 0 radical (unpaired) electrons. The molecule has 0 bridgehead atoms. The smallest absolute Gasteiger partial charge is 0.123 e. The van der Waals surface area contributed by atoms with Crippen molar-refractivity contribution in [3.05, 3.63) is 34.6 Å². The third-order valence-electron chi connectivity index (χ3n) is 2.86. The zero-order chi connectivity index (χ0) is 11.4. The van der Waals surface area contributed by atoms with Crippen molar-refractivity contribution < 1.29 is 4.39 Å². The average molecular weight is 243 g/mol. The third kappa shape index (κ3) is 3.17. The van der Waals surface area contributed by atoms with Crippen LogP contribution in [0.25, 0.3) is 0 Å². The number of benzene rings is 1. The Morgan fingerprint density at radius 1 is 1.25 bits per heavy atom. The lowest BCUT2D eigenvalue weighted by Gasteiger charge is -2.27. The fraction of sp³-hybridized carbons (Fsp3) is 0.500. The molecule has 1 N–H and O–H groups in total. The van der Waals surface area contributed by atoms with E-state index in [-0.39, 0.29) is 5.82 Å². The summed E-state index contributed by atoms with van der Waals surface area (Å²) in [7, 11) is 0. The second-order valence-corrected chi connectivity index (χ2v) is 4.53. The Hall–Kier alpha value is -0.640. The number of rotatable bonds is 3. The van der Waals surface area contributed by atoms with Crippen molar-refractivity contribution in [1.82, 2.24) is 10.4 Å². The van der Waals surface area contributed by atoms with Gasteiger partial charge in [0, 0.05) is 24.7 Å². The van der Waals surface area contributed by atoms with E-state index in [4.69, 9.17) is 11.6 Å². The van der Waals surface area contributed by atoms with Gasteiger partial charge in [0.25, 0.3) is 0 Å². The molecule has 16 heavy (non-hydrogen) atoms. The van der Waals surface area contributed by atoms with Gasteiger partial charge >= 0.3 is 0 Å². The Morgan fingerprint density at radius 3 is 2.75 bits per heavy atom. The van der Waals surface area contributed by atoms with Crippen LogP contribution in [0.2, 0.25) is 5.02 Å². The summed E-state index contributed by atoms with van der Waals surface area (Å²) in [6.07, 6.45) is 3.76. The van der Waals surface area contributed by atoms with E-state index in [9.17, 15) is 4.39 Å². The van der Waals surface area contributed by atoms with Crippen molar-refractivity contribution in [2.75, 3.05) is 13.1 Å². The molecule has 88 valence electrons. The van der Waals surface area contributed by atoms with Crippen molar-refractivity contribution >= 4 is 11.6 Å². The lowest BCUT2D eigenvalue weighted by molar-refractivity contribution is 0.151. The molecule has 1 aromatic carbocycles. The number of hydrogen-bond acceptors (Lipinski definition) is 2. The Labute approximate surface area is 100 Å². The van der Waals surface area contributed by atoms with Gasteiger partial charge in [-0.3, -0.25) is 5.43 Å². The molecule has 0 atom stereocenters. The van der Waals surface area contributed by atoms with Crippen molar-refractivity contribution in [3.8, 4) is 0 Å². The van der Waals surface area contributed by atoms with Gasteiger partial charge in [0.2, 0.25) is 0 Å². The molecule has 4 heteroatoms. The molecule has 2 rings (SSSR count). The minimum atomic E-state index is -0.236. The summed E-state index contributed by atoms with van der Waals surface area (Å²) in [6, 6.07) is 4.47. The van der Waals surface area contributed by atoms with Crippen molar-refractivity contribution in [1.29, 1.82) is 0 Å². The van der Waals surface area contributed by atoms with E-state index in [1.807, 2.05) is 0 Å². The molecule has 1 fully saturated rings. The first kappa shape index (κ1) is 11.8. The van der Waals surface area contributed by atoms with Gasteiger partial charge in [0.15, 0.2) is 0 Å². The molecule has 0 amide bonds. The van der Waals surface area contributed by atoms with Crippen molar-refractivity contribution in [2.45, 2.75) is 25.8 Å². The van der Waals surface area contributed by atoms with Crippen LogP contribution in [0.1, 0.15) is 24.8 Å². The van der Waals surface area contributed by atoms with Crippen LogP contribution in [-0.4, -0.2) is 18.1 Å². The molecule has 0 spiro atoms. The van der Waals surface area contributed by atoms with E-state index in [0.29, 0.717) is 11.6 Å². The van der Waals surface area contributed by atoms with E-state index >= 15 is 0 Å². The van der Waals surface area contributed by atoms with Gasteiger partial charge in [-0.1, -0.05) is 18.0 Å². The molecule has 0 aliphatic carbocycles. The van der Waals surface area contributed by atoms with Crippen molar-refractivity contribution in [3.63, 3.8) is 0 Å². The third-order valence-corrected chi connectivity index (χ3v) is 3.23. The predicted octanol–water partition coefficient (Wildman–Crippen LogP) is 2.97. The van der Waals surface area contributed by atoms with Crippen LogP contribution in [0, 0.1) is 5.82 Å². The van der Waals surface area contributed by atoms with E-state index in [1.165, 1.54) is 31.4 Å². The second kappa shape index (κ2) is 5.62. The Morgan fingerprint density at radius 2 is 2.00 bits per heavy atom. The molecule has 0 unspecified atom stereocenters. The normalized spacial score (nSPS) is 17.6. The highest BCUT2D eigenvalue weighted by atomic mass is 35.5. The van der Waals surface area contributed by atoms with Crippen LogP contribution >= 0.6 is 11.6 Å². The van der Waals surface area contributed by atoms with E-state index in [0.717, 1.165) is 18.7 Å². The zero-order valence-electron chi connectivity index (χ0n) is 9.18. The minimum absolute atomic E-state index is 0.236. The largest absolute Gasteiger partial charge is 0.251 e. The first-order chi connectivity index (χ1) is 7.75. The van der Waals surface area contributed by atoms with Gasteiger partial charge in [0.1, 0.15) is 5.82 Å². The topological polar surface area (TPSA) is 15.3 Å². The van der Waals surface area contributed by atoms with Crippen LogP contribution in [0.3, 0.4) is 0 Å². The van der Waals surface area contributed by atoms with Crippen LogP contribution in [-0.2, 0) is 6.54 Å². The SMILES string of the molecule is Fc1ccc(Cl)c(CNN2CCCCC2)c1. The molecule has 1 aliphatic heterocycles. The number of hydrazine groups is 1. The van der Waals surface area contributed by atoms with E-state index < -0.39 is 0 Å². The minimum Gasteiger partial charge on any atom is -0.251 e. The Balaban J connectivity index is 1.90. The molecule has 1 aromatic rings. The van der Waals surface area contributed by atoms with Gasteiger partial charge in [-0.05, 0) is 36.6 Å². The highest BCUT2D eigenvalue weighted by Gasteiger charge is 2.10. The van der Waals surface area contributed by atoms with Crippen molar-refractivity contribution in [2.24, 2.45) is 0 Å². The van der Waals surface area contributed by atoms with Crippen LogP contribution in [0.15, 0.2) is 18.2 Å². The predicted molar refractivity (Wildman–Crippen MR) is 63.7 cm³/mol. The molecule has 1 heterocycles. The maximum Gasteiger partial charge on any atom is 0.123 e. The summed E-state index contributed by atoms with van der Waals surface area (Å²) in [5, 5.41) is 2.80. The zero-order valence-corrected chi connectivity index (χ0v) is 9.93. The van der Waals surface area contributed by atoms with E-state index in [1.54, 1.807) is 6.07 Å². The highest BCUT2D eigenvalue weighted by molar-refractivity contribution is 6.31. The number of hydrogen-bond donors (Lipinski definition) is 1. The van der Waals surface area contributed by atoms with Gasteiger partial charge < -0.3 is 0 Å². The van der Waals surface area contributed by atoms with Gasteiger partial charge in [-0.25, -0.2) is 9.40 Å². The molecule has 2 nitrogen and oxygen atoms in total. The lowest BCUT2D eigenvalue weighted by atomic mass is 10.2. The maximum atomic E-state index is 13.0. The summed E-state index contributed by atoms with van der Waals surface area (Å²) in [4.78, 5) is 0. The first-order valence-corrected chi connectivity index (χ1v) is 6.06. The standard InChI is InChI=1S/C12H16ClFN2/c13-12-5-4-11(14)8-10(12)9-15-16-6-2-1-3-7-16/h4-5,8,15H,1-3,6-7,9H2. The summed E-state index contributed by atoms with van der Waals surface area (Å²) >= 11 is 5.99. The van der Waals surface area contributed by atoms with Gasteiger partial charge in [-0.15, -0.1) is 0 Å². The monoisotopic (exact) mass is 242 g/mol. The molecule has 0 aromatic heterocycles.